The standard InChI is InChI=1S/C23H18ClFN4O3/c1-28(17-8-9-18(24)19(25)11-17)22(30)15-5-10-21-26-12-20(29(21)13-15)14-3-6-16(7-4-14)27-23(31)32-2/h3-13H,1-2H3,(H,27,31). The van der Waals surface area contributed by atoms with E-state index in [9.17, 15) is 14.0 Å². The first-order chi connectivity index (χ1) is 15.4. The summed E-state index contributed by atoms with van der Waals surface area (Å²) >= 11 is 5.74. The van der Waals surface area contributed by atoms with Crippen LogP contribution >= 0.6 is 11.6 Å². The van der Waals surface area contributed by atoms with Gasteiger partial charge in [-0.2, -0.15) is 0 Å². The number of hydrogen-bond donors (Lipinski definition) is 1. The Labute approximate surface area is 188 Å². The zero-order valence-electron chi connectivity index (χ0n) is 17.2. The molecule has 2 amide bonds. The van der Waals surface area contributed by atoms with Crippen molar-refractivity contribution in [2.75, 3.05) is 24.4 Å². The third kappa shape index (κ3) is 4.13. The number of halogens is 2. The van der Waals surface area contributed by atoms with E-state index in [0.29, 0.717) is 22.6 Å². The van der Waals surface area contributed by atoms with Crippen molar-refractivity contribution in [3.05, 3.63) is 83.4 Å². The highest BCUT2D eigenvalue weighted by Crippen LogP contribution is 2.25. The molecule has 0 unspecified atom stereocenters. The minimum Gasteiger partial charge on any atom is -0.453 e. The van der Waals surface area contributed by atoms with Gasteiger partial charge >= 0.3 is 6.09 Å². The summed E-state index contributed by atoms with van der Waals surface area (Å²) in [5.74, 6) is -0.910. The van der Waals surface area contributed by atoms with E-state index in [1.807, 2.05) is 12.1 Å². The van der Waals surface area contributed by atoms with E-state index in [1.165, 1.54) is 24.1 Å². The first kappa shape index (κ1) is 21.3. The lowest BCUT2D eigenvalue weighted by Crippen LogP contribution is -2.26. The molecule has 0 spiro atoms. The van der Waals surface area contributed by atoms with Crippen LogP contribution in [0, 0.1) is 5.82 Å². The quantitative estimate of drug-likeness (QED) is 0.459. The van der Waals surface area contributed by atoms with Gasteiger partial charge in [-0.1, -0.05) is 23.7 Å². The maximum absolute atomic E-state index is 13.8. The van der Waals surface area contributed by atoms with Gasteiger partial charge in [0.25, 0.3) is 5.91 Å². The average Bonchev–Trinajstić information content (AvgIpc) is 3.23. The number of imidazole rings is 1. The van der Waals surface area contributed by atoms with E-state index in [4.69, 9.17) is 11.6 Å². The topological polar surface area (TPSA) is 75.9 Å². The number of methoxy groups -OCH3 is 1. The summed E-state index contributed by atoms with van der Waals surface area (Å²) in [5, 5.41) is 2.58. The Hall–Kier alpha value is -3.91. The number of anilines is 2. The number of pyridine rings is 1. The van der Waals surface area contributed by atoms with Crippen LogP contribution < -0.4 is 10.2 Å². The lowest BCUT2D eigenvalue weighted by molar-refractivity contribution is 0.0992. The van der Waals surface area contributed by atoms with Gasteiger partial charge in [-0.05, 0) is 42.5 Å². The Morgan fingerprint density at radius 2 is 1.88 bits per heavy atom. The number of amides is 2. The van der Waals surface area contributed by atoms with Crippen LogP contribution in [-0.2, 0) is 4.74 Å². The van der Waals surface area contributed by atoms with E-state index in [-0.39, 0.29) is 10.9 Å². The summed E-state index contributed by atoms with van der Waals surface area (Å²) in [6, 6.07) is 14.7. The number of nitrogens with one attached hydrogen (secondary N) is 1. The van der Waals surface area contributed by atoms with Gasteiger partial charge in [-0.3, -0.25) is 14.5 Å². The van der Waals surface area contributed by atoms with Crippen molar-refractivity contribution >= 4 is 40.6 Å². The fourth-order valence-corrected chi connectivity index (χ4v) is 3.34. The maximum Gasteiger partial charge on any atom is 0.411 e. The molecular formula is C23H18ClFN4O3. The molecule has 4 aromatic rings. The Kier molecular flexibility index (Phi) is 5.79. The van der Waals surface area contributed by atoms with E-state index in [2.05, 4.69) is 15.0 Å². The van der Waals surface area contributed by atoms with Crippen molar-refractivity contribution in [2.45, 2.75) is 0 Å². The van der Waals surface area contributed by atoms with Gasteiger partial charge in [0.2, 0.25) is 0 Å². The first-order valence-corrected chi connectivity index (χ1v) is 9.91. The molecule has 0 aliphatic carbocycles. The second-order valence-electron chi connectivity index (χ2n) is 6.95. The smallest absolute Gasteiger partial charge is 0.411 e. The summed E-state index contributed by atoms with van der Waals surface area (Å²) in [6.07, 6.45) is 2.83. The van der Waals surface area contributed by atoms with Crippen LogP contribution in [0.2, 0.25) is 5.02 Å². The second kappa shape index (κ2) is 8.68. The first-order valence-electron chi connectivity index (χ1n) is 9.53. The van der Waals surface area contributed by atoms with Crippen LogP contribution in [0.3, 0.4) is 0 Å². The minimum absolute atomic E-state index is 0.00752. The van der Waals surface area contributed by atoms with Gasteiger partial charge in [0, 0.05) is 30.2 Å². The van der Waals surface area contributed by atoms with E-state index in [1.54, 1.807) is 54.2 Å². The highest BCUT2D eigenvalue weighted by Gasteiger charge is 2.17. The molecule has 0 aliphatic heterocycles. The molecule has 2 aromatic heterocycles. The SMILES string of the molecule is COC(=O)Nc1ccc(-c2cnc3ccc(C(=O)N(C)c4ccc(Cl)c(F)c4)cn23)cc1. The van der Waals surface area contributed by atoms with Gasteiger partial charge < -0.3 is 9.64 Å². The van der Waals surface area contributed by atoms with Gasteiger partial charge in [0.1, 0.15) is 11.5 Å². The molecule has 2 aromatic carbocycles. The number of fused-ring (bicyclic) bond motifs is 1. The number of carbonyl (C=O) groups excluding carboxylic acids is 2. The molecule has 0 fully saturated rings. The van der Waals surface area contributed by atoms with Crippen molar-refractivity contribution in [1.82, 2.24) is 9.38 Å². The molecule has 0 atom stereocenters. The van der Waals surface area contributed by atoms with Crippen molar-refractivity contribution in [3.8, 4) is 11.3 Å². The molecule has 1 N–H and O–H groups in total. The fraction of sp³-hybridized carbons (Fsp3) is 0.0870. The van der Waals surface area contributed by atoms with Gasteiger partial charge in [0.15, 0.2) is 0 Å². The Bertz CT molecular complexity index is 1320. The number of ether oxygens (including phenoxy) is 1. The molecule has 0 saturated heterocycles. The highest BCUT2D eigenvalue weighted by atomic mass is 35.5. The molecule has 32 heavy (non-hydrogen) atoms. The van der Waals surface area contributed by atoms with Crippen LogP contribution in [0.4, 0.5) is 20.6 Å². The highest BCUT2D eigenvalue weighted by molar-refractivity contribution is 6.30. The molecule has 0 saturated carbocycles. The zero-order chi connectivity index (χ0) is 22.8. The zero-order valence-corrected chi connectivity index (χ0v) is 17.9. The number of carbonyl (C=O) groups is 2. The van der Waals surface area contributed by atoms with Crippen molar-refractivity contribution < 1.29 is 18.7 Å². The normalized spacial score (nSPS) is 10.8. The summed E-state index contributed by atoms with van der Waals surface area (Å²) in [6.45, 7) is 0. The second-order valence-corrected chi connectivity index (χ2v) is 7.35. The van der Waals surface area contributed by atoms with Crippen LogP contribution in [0.1, 0.15) is 10.4 Å². The van der Waals surface area contributed by atoms with Crippen LogP contribution in [0.5, 0.6) is 0 Å². The molecule has 0 bridgehead atoms. The Morgan fingerprint density at radius 1 is 1.12 bits per heavy atom. The number of rotatable bonds is 4. The Morgan fingerprint density at radius 3 is 2.56 bits per heavy atom. The molecule has 0 aliphatic rings. The summed E-state index contributed by atoms with van der Waals surface area (Å²) < 4.78 is 20.2. The van der Waals surface area contributed by atoms with Gasteiger partial charge in [-0.25, -0.2) is 14.2 Å². The molecular weight excluding hydrogens is 435 g/mol. The summed E-state index contributed by atoms with van der Waals surface area (Å²) in [7, 11) is 2.86. The third-order valence-electron chi connectivity index (χ3n) is 4.96. The fourth-order valence-electron chi connectivity index (χ4n) is 3.22. The monoisotopic (exact) mass is 452 g/mol. The van der Waals surface area contributed by atoms with Crippen LogP contribution in [0.25, 0.3) is 16.9 Å². The molecule has 2 heterocycles. The van der Waals surface area contributed by atoms with Crippen molar-refractivity contribution in [3.63, 3.8) is 0 Å². The third-order valence-corrected chi connectivity index (χ3v) is 5.27. The molecule has 0 radical (unpaired) electrons. The van der Waals surface area contributed by atoms with Crippen LogP contribution in [0.15, 0.2) is 67.0 Å². The lowest BCUT2D eigenvalue weighted by atomic mass is 10.1. The minimum atomic E-state index is -0.596. The maximum atomic E-state index is 13.8. The largest absolute Gasteiger partial charge is 0.453 e. The van der Waals surface area contributed by atoms with Crippen molar-refractivity contribution in [2.24, 2.45) is 0 Å². The van der Waals surface area contributed by atoms with Crippen molar-refractivity contribution in [1.29, 1.82) is 0 Å². The van der Waals surface area contributed by atoms with E-state index >= 15 is 0 Å². The Balaban J connectivity index is 1.64. The molecule has 4 rings (SSSR count). The summed E-state index contributed by atoms with van der Waals surface area (Å²) in [5.41, 5.74) is 3.64. The molecule has 7 nitrogen and oxygen atoms in total. The van der Waals surface area contributed by atoms with E-state index < -0.39 is 11.9 Å². The predicted octanol–water partition coefficient (Wildman–Crippen LogP) is 5.25. The van der Waals surface area contributed by atoms with E-state index in [0.717, 1.165) is 11.3 Å². The predicted molar refractivity (Wildman–Crippen MR) is 121 cm³/mol. The van der Waals surface area contributed by atoms with Gasteiger partial charge in [0.05, 0.1) is 29.6 Å². The van der Waals surface area contributed by atoms with Gasteiger partial charge in [-0.15, -0.1) is 0 Å². The number of benzene rings is 2. The number of aromatic nitrogens is 2. The lowest BCUT2D eigenvalue weighted by Gasteiger charge is -2.18. The number of nitrogens with zero attached hydrogens (tertiary/aromatic N) is 3. The average molecular weight is 453 g/mol. The molecule has 162 valence electrons. The van der Waals surface area contributed by atoms with Crippen LogP contribution in [-0.4, -0.2) is 35.5 Å². The summed E-state index contributed by atoms with van der Waals surface area (Å²) in [4.78, 5) is 30.1. The molecule has 9 heteroatoms. The number of hydrogen-bond acceptors (Lipinski definition) is 4.